The first-order valence-electron chi connectivity index (χ1n) is 11.7. The first kappa shape index (κ1) is 21.9. The molecule has 3 aliphatic rings. The first-order valence-corrected chi connectivity index (χ1v) is 11.7. The van der Waals surface area contributed by atoms with Crippen molar-refractivity contribution in [2.45, 2.75) is 24.6 Å². The van der Waals surface area contributed by atoms with Crippen LogP contribution in [0.5, 0.6) is 11.5 Å². The number of rotatable bonds is 3. The SMILES string of the molecule is O=C1N(Cc2ccc(-c3noc(C(F)(F)F)n3)cc2)c2ccccc2C12COc1cc3c(cc12)CCO3. The molecule has 7 rings (SSSR count). The molecule has 0 N–H and O–H groups in total. The number of fused-ring (bicyclic) bond motifs is 5. The highest BCUT2D eigenvalue weighted by Crippen LogP contribution is 2.54. The van der Waals surface area contributed by atoms with Crippen molar-refractivity contribution < 1.29 is 32.0 Å². The van der Waals surface area contributed by atoms with E-state index in [1.807, 2.05) is 36.4 Å². The van der Waals surface area contributed by atoms with E-state index in [4.69, 9.17) is 9.47 Å². The second kappa shape index (κ2) is 7.58. The zero-order chi connectivity index (χ0) is 25.4. The third kappa shape index (κ3) is 3.18. The molecule has 4 aromatic rings. The molecule has 0 fully saturated rings. The third-order valence-corrected chi connectivity index (χ3v) is 7.18. The molecule has 1 unspecified atom stereocenters. The highest BCUT2D eigenvalue weighted by Gasteiger charge is 2.57. The number of carbonyl (C=O) groups excluding carboxylic acids is 1. The number of anilines is 1. The van der Waals surface area contributed by atoms with Crippen LogP contribution in [0.3, 0.4) is 0 Å². The Balaban J connectivity index is 1.22. The average molecular weight is 505 g/mol. The van der Waals surface area contributed by atoms with Crippen molar-refractivity contribution >= 4 is 11.6 Å². The van der Waals surface area contributed by atoms with Crippen molar-refractivity contribution in [3.8, 4) is 22.9 Å². The van der Waals surface area contributed by atoms with E-state index in [9.17, 15) is 18.0 Å². The average Bonchev–Trinajstić information content (AvgIpc) is 3.67. The van der Waals surface area contributed by atoms with Crippen LogP contribution in [0.1, 0.15) is 28.1 Å². The number of carbonyl (C=O) groups is 1. The van der Waals surface area contributed by atoms with Crippen molar-refractivity contribution in [3.63, 3.8) is 0 Å². The summed E-state index contributed by atoms with van der Waals surface area (Å²) in [6.45, 7) is 1.09. The maximum atomic E-state index is 14.1. The quantitative estimate of drug-likeness (QED) is 0.394. The van der Waals surface area contributed by atoms with Gasteiger partial charge < -0.3 is 18.9 Å². The fourth-order valence-electron chi connectivity index (χ4n) is 5.40. The van der Waals surface area contributed by atoms with Crippen LogP contribution in [-0.4, -0.2) is 29.3 Å². The Morgan fingerprint density at radius 3 is 2.57 bits per heavy atom. The molecule has 1 aromatic heterocycles. The van der Waals surface area contributed by atoms with Gasteiger partial charge in [0.15, 0.2) is 0 Å². The number of ether oxygens (including phenoxy) is 2. The molecule has 186 valence electrons. The van der Waals surface area contributed by atoms with Crippen LogP contribution in [0, 0.1) is 0 Å². The molecule has 0 saturated carbocycles. The van der Waals surface area contributed by atoms with Gasteiger partial charge >= 0.3 is 12.1 Å². The van der Waals surface area contributed by atoms with Crippen molar-refractivity contribution in [2.75, 3.05) is 18.1 Å². The number of para-hydroxylation sites is 1. The van der Waals surface area contributed by atoms with Crippen LogP contribution in [0.15, 0.2) is 65.2 Å². The van der Waals surface area contributed by atoms with E-state index in [0.29, 0.717) is 17.9 Å². The van der Waals surface area contributed by atoms with Gasteiger partial charge in [-0.1, -0.05) is 47.6 Å². The van der Waals surface area contributed by atoms with Crippen molar-refractivity contribution in [1.82, 2.24) is 10.1 Å². The minimum absolute atomic E-state index is 0.0802. The zero-order valence-corrected chi connectivity index (χ0v) is 19.2. The van der Waals surface area contributed by atoms with E-state index in [1.165, 1.54) is 0 Å². The van der Waals surface area contributed by atoms with Crippen LogP contribution < -0.4 is 14.4 Å². The molecule has 7 nitrogen and oxygen atoms in total. The summed E-state index contributed by atoms with van der Waals surface area (Å²) in [5, 5.41) is 3.43. The smallest absolute Gasteiger partial charge is 0.471 e. The lowest BCUT2D eigenvalue weighted by molar-refractivity contribution is -0.159. The Morgan fingerprint density at radius 1 is 0.973 bits per heavy atom. The summed E-state index contributed by atoms with van der Waals surface area (Å²) in [6, 6.07) is 18.3. The summed E-state index contributed by atoms with van der Waals surface area (Å²) in [7, 11) is 0. The fourth-order valence-corrected chi connectivity index (χ4v) is 5.40. The maximum Gasteiger partial charge on any atom is 0.471 e. The zero-order valence-electron chi connectivity index (χ0n) is 19.2. The second-order valence-corrected chi connectivity index (χ2v) is 9.27. The Bertz CT molecular complexity index is 1560. The van der Waals surface area contributed by atoms with Crippen molar-refractivity contribution in [2.24, 2.45) is 0 Å². The first-order chi connectivity index (χ1) is 17.8. The molecule has 4 heterocycles. The molecule has 37 heavy (non-hydrogen) atoms. The van der Waals surface area contributed by atoms with Gasteiger partial charge in [-0.05, 0) is 28.8 Å². The highest BCUT2D eigenvalue weighted by atomic mass is 19.4. The fraction of sp³-hybridized carbons (Fsp3) is 0.222. The number of alkyl halides is 3. The largest absolute Gasteiger partial charge is 0.493 e. The van der Waals surface area contributed by atoms with Gasteiger partial charge in [0.25, 0.3) is 0 Å². The van der Waals surface area contributed by atoms with Crippen molar-refractivity contribution in [3.05, 3.63) is 88.8 Å². The molecule has 0 bridgehead atoms. The van der Waals surface area contributed by atoms with Gasteiger partial charge in [-0.2, -0.15) is 18.2 Å². The number of hydrogen-bond acceptors (Lipinski definition) is 6. The van der Waals surface area contributed by atoms with Crippen LogP contribution in [0.2, 0.25) is 0 Å². The number of amides is 1. The van der Waals surface area contributed by atoms with Crippen LogP contribution in [0.4, 0.5) is 18.9 Å². The number of halogens is 3. The monoisotopic (exact) mass is 505 g/mol. The molecule has 0 radical (unpaired) electrons. The highest BCUT2D eigenvalue weighted by molar-refractivity contribution is 6.11. The summed E-state index contributed by atoms with van der Waals surface area (Å²) in [6.07, 6.45) is -3.92. The van der Waals surface area contributed by atoms with E-state index in [2.05, 4.69) is 14.7 Å². The summed E-state index contributed by atoms with van der Waals surface area (Å²) >= 11 is 0. The molecule has 3 aliphatic heterocycles. The molecule has 1 atom stereocenters. The summed E-state index contributed by atoms with van der Waals surface area (Å²) in [5.74, 6) is -0.170. The molecule has 10 heteroatoms. The lowest BCUT2D eigenvalue weighted by Gasteiger charge is -2.23. The van der Waals surface area contributed by atoms with Gasteiger partial charge in [0.1, 0.15) is 23.5 Å². The summed E-state index contributed by atoms with van der Waals surface area (Å²) in [5.41, 5.74) is 3.84. The Labute approximate surface area is 208 Å². The van der Waals surface area contributed by atoms with Gasteiger partial charge in [0.2, 0.25) is 11.7 Å². The minimum Gasteiger partial charge on any atom is -0.493 e. The molecule has 0 saturated heterocycles. The molecule has 3 aromatic carbocycles. The van der Waals surface area contributed by atoms with Crippen LogP contribution in [0.25, 0.3) is 11.4 Å². The van der Waals surface area contributed by atoms with Crippen molar-refractivity contribution in [1.29, 1.82) is 0 Å². The molecule has 0 aliphatic carbocycles. The topological polar surface area (TPSA) is 77.7 Å². The predicted octanol–water partition coefficient (Wildman–Crippen LogP) is 4.92. The summed E-state index contributed by atoms with van der Waals surface area (Å²) in [4.78, 5) is 19.3. The van der Waals surface area contributed by atoms with Crippen LogP contribution in [-0.2, 0) is 29.4 Å². The Kier molecular flexibility index (Phi) is 4.49. The maximum absolute atomic E-state index is 14.1. The van der Waals surface area contributed by atoms with E-state index < -0.39 is 17.5 Å². The number of nitrogens with zero attached hydrogens (tertiary/aromatic N) is 3. The van der Waals surface area contributed by atoms with Gasteiger partial charge in [0, 0.05) is 29.3 Å². The lowest BCUT2D eigenvalue weighted by atomic mass is 9.76. The molecular formula is C27H18F3N3O4. The van der Waals surface area contributed by atoms with Crippen LogP contribution >= 0.6 is 0 Å². The normalized spacial score (nSPS) is 19.5. The van der Waals surface area contributed by atoms with Gasteiger partial charge in [-0.25, -0.2) is 0 Å². The molecular weight excluding hydrogens is 487 g/mol. The standard InChI is InChI=1S/C27H18F3N3O4/c28-27(29,30)24-31-23(32-37-24)16-7-5-15(6-8-16)13-33-20-4-2-1-3-18(20)26(25(33)34)14-36-22-12-21-17(9-10-35-21)11-19(22)26/h1-8,11-12H,9-10,13-14H2. The third-order valence-electron chi connectivity index (χ3n) is 7.18. The minimum atomic E-state index is -4.71. The predicted molar refractivity (Wildman–Crippen MR) is 124 cm³/mol. The Hall–Kier alpha value is -4.34. The van der Waals surface area contributed by atoms with Gasteiger partial charge in [0.05, 0.1) is 13.2 Å². The van der Waals surface area contributed by atoms with Gasteiger partial charge in [-0.3, -0.25) is 4.79 Å². The van der Waals surface area contributed by atoms with E-state index in [-0.39, 0.29) is 24.9 Å². The van der Waals surface area contributed by atoms with Gasteiger partial charge in [-0.15, -0.1) is 0 Å². The second-order valence-electron chi connectivity index (χ2n) is 9.27. The molecule has 1 amide bonds. The Morgan fingerprint density at radius 2 is 1.78 bits per heavy atom. The number of hydrogen-bond donors (Lipinski definition) is 0. The summed E-state index contributed by atoms with van der Waals surface area (Å²) < 4.78 is 54.5. The van der Waals surface area contributed by atoms with E-state index >= 15 is 0 Å². The number of aromatic nitrogens is 2. The molecule has 1 spiro atoms. The van der Waals surface area contributed by atoms with E-state index in [1.54, 1.807) is 29.2 Å². The van der Waals surface area contributed by atoms with E-state index in [0.717, 1.165) is 40.1 Å². The number of benzene rings is 3. The lowest BCUT2D eigenvalue weighted by Crippen LogP contribution is -2.42.